The molecule has 1 atom stereocenters. The fourth-order valence-corrected chi connectivity index (χ4v) is 3.95. The number of likely N-dealkylation sites (N-methyl/N-ethyl adjacent to an activating group) is 1. The van der Waals surface area contributed by atoms with Crippen LogP contribution in [0, 0.1) is 6.92 Å². The first-order chi connectivity index (χ1) is 14.9. The van der Waals surface area contributed by atoms with Gasteiger partial charge in [-0.05, 0) is 57.1 Å². The Bertz CT molecular complexity index is 914. The van der Waals surface area contributed by atoms with Gasteiger partial charge in [-0.15, -0.1) is 0 Å². The molecule has 31 heavy (non-hydrogen) atoms. The van der Waals surface area contributed by atoms with E-state index in [0.29, 0.717) is 6.54 Å². The zero-order valence-electron chi connectivity index (χ0n) is 18.7. The summed E-state index contributed by atoms with van der Waals surface area (Å²) < 4.78 is 10.9. The van der Waals surface area contributed by atoms with E-state index in [0.717, 1.165) is 41.2 Å². The van der Waals surface area contributed by atoms with E-state index in [4.69, 9.17) is 9.47 Å². The third kappa shape index (κ3) is 5.76. The highest BCUT2D eigenvalue weighted by Gasteiger charge is 2.32. The number of hydrogen-bond acceptors (Lipinski definition) is 5. The van der Waals surface area contributed by atoms with E-state index in [-0.39, 0.29) is 30.9 Å². The molecule has 1 fully saturated rings. The van der Waals surface area contributed by atoms with E-state index in [2.05, 4.69) is 5.32 Å². The number of nitrogens with zero attached hydrogens (tertiary/aromatic N) is 2. The highest BCUT2D eigenvalue weighted by molar-refractivity contribution is 5.92. The van der Waals surface area contributed by atoms with Crippen molar-refractivity contribution in [2.75, 3.05) is 46.2 Å². The van der Waals surface area contributed by atoms with Gasteiger partial charge in [0.15, 0.2) is 0 Å². The molecule has 0 saturated carbocycles. The second-order valence-corrected chi connectivity index (χ2v) is 7.94. The Morgan fingerprint density at radius 3 is 2.52 bits per heavy atom. The Balaban J connectivity index is 1.61. The molecular weight excluding hydrogens is 394 g/mol. The van der Waals surface area contributed by atoms with Crippen LogP contribution in [-0.2, 0) is 9.59 Å². The van der Waals surface area contributed by atoms with Crippen molar-refractivity contribution in [3.63, 3.8) is 0 Å². The molecule has 0 spiro atoms. The van der Waals surface area contributed by atoms with Gasteiger partial charge in [-0.3, -0.25) is 14.5 Å². The van der Waals surface area contributed by atoms with Gasteiger partial charge in [-0.2, -0.15) is 0 Å². The molecule has 166 valence electrons. The van der Waals surface area contributed by atoms with Gasteiger partial charge in [0.2, 0.25) is 11.8 Å². The Morgan fingerprint density at radius 1 is 1.10 bits per heavy atom. The summed E-state index contributed by atoms with van der Waals surface area (Å²) in [4.78, 5) is 29.0. The first kappa shape index (κ1) is 22.6. The number of carbonyl (C=O) groups excluding carboxylic acids is 2. The van der Waals surface area contributed by atoms with Crippen LogP contribution in [-0.4, -0.2) is 62.5 Å². The van der Waals surface area contributed by atoms with Crippen LogP contribution in [0.5, 0.6) is 11.5 Å². The fraction of sp³-hybridized carbons (Fsp3) is 0.417. The molecule has 7 heteroatoms. The monoisotopic (exact) mass is 425 g/mol. The number of likely N-dealkylation sites (tertiary alicyclic amines) is 1. The summed E-state index contributed by atoms with van der Waals surface area (Å²) >= 11 is 0. The van der Waals surface area contributed by atoms with Crippen LogP contribution >= 0.6 is 0 Å². The van der Waals surface area contributed by atoms with E-state index in [9.17, 15) is 9.59 Å². The minimum atomic E-state index is -0.147. The van der Waals surface area contributed by atoms with Gasteiger partial charge in [-0.1, -0.05) is 17.7 Å². The lowest BCUT2D eigenvalue weighted by molar-refractivity contribution is -0.133. The molecule has 1 aliphatic heterocycles. The van der Waals surface area contributed by atoms with Crippen molar-refractivity contribution in [2.24, 2.45) is 0 Å². The zero-order chi connectivity index (χ0) is 22.4. The summed E-state index contributed by atoms with van der Waals surface area (Å²) in [6.45, 7) is 3.00. The lowest BCUT2D eigenvalue weighted by atomic mass is 10.0. The number of ether oxygens (including phenoxy) is 2. The number of amides is 2. The van der Waals surface area contributed by atoms with Crippen molar-refractivity contribution in [2.45, 2.75) is 25.8 Å². The number of aryl methyl sites for hydroxylation is 1. The zero-order valence-corrected chi connectivity index (χ0v) is 18.7. The largest absolute Gasteiger partial charge is 0.497 e. The van der Waals surface area contributed by atoms with Gasteiger partial charge < -0.3 is 19.7 Å². The van der Waals surface area contributed by atoms with Crippen LogP contribution in [0.3, 0.4) is 0 Å². The van der Waals surface area contributed by atoms with E-state index in [1.54, 1.807) is 26.2 Å². The quantitative estimate of drug-likeness (QED) is 0.703. The second-order valence-electron chi connectivity index (χ2n) is 7.94. The van der Waals surface area contributed by atoms with Crippen LogP contribution in [0.15, 0.2) is 42.5 Å². The molecule has 0 aromatic heterocycles. The molecule has 2 aromatic carbocycles. The second kappa shape index (κ2) is 10.3. The summed E-state index contributed by atoms with van der Waals surface area (Å²) in [5.41, 5.74) is 2.83. The maximum Gasteiger partial charge on any atom is 0.238 e. The Hall–Kier alpha value is -3.06. The minimum absolute atomic E-state index is 0.00184. The number of hydrogen-bond donors (Lipinski definition) is 1. The number of anilines is 1. The molecule has 7 nitrogen and oxygen atoms in total. The summed E-state index contributed by atoms with van der Waals surface area (Å²) in [7, 11) is 5.04. The molecule has 0 bridgehead atoms. The number of nitrogens with one attached hydrogen (secondary N) is 1. The molecule has 3 rings (SSSR count). The van der Waals surface area contributed by atoms with Crippen molar-refractivity contribution < 1.29 is 19.1 Å². The summed E-state index contributed by atoms with van der Waals surface area (Å²) in [5, 5.41) is 2.87. The summed E-state index contributed by atoms with van der Waals surface area (Å²) in [6, 6.07) is 13.2. The van der Waals surface area contributed by atoms with Crippen molar-refractivity contribution in [1.82, 2.24) is 9.80 Å². The van der Waals surface area contributed by atoms with Crippen LogP contribution in [0.4, 0.5) is 5.69 Å². The van der Waals surface area contributed by atoms with Crippen LogP contribution < -0.4 is 14.8 Å². The predicted molar refractivity (Wildman–Crippen MR) is 121 cm³/mol. The summed E-state index contributed by atoms with van der Waals surface area (Å²) in [5.74, 6) is 1.33. The molecule has 0 aliphatic carbocycles. The molecule has 2 aromatic rings. The van der Waals surface area contributed by atoms with Gasteiger partial charge in [0, 0.05) is 17.8 Å². The fourth-order valence-electron chi connectivity index (χ4n) is 3.95. The number of benzene rings is 2. The number of carbonyl (C=O) groups is 2. The highest BCUT2D eigenvalue weighted by Crippen LogP contribution is 2.38. The molecule has 2 amide bonds. The van der Waals surface area contributed by atoms with Crippen LogP contribution in [0.2, 0.25) is 0 Å². The Morgan fingerprint density at radius 2 is 1.84 bits per heavy atom. The first-order valence-corrected chi connectivity index (χ1v) is 10.5. The number of rotatable bonds is 8. The highest BCUT2D eigenvalue weighted by atomic mass is 16.5. The third-order valence-corrected chi connectivity index (χ3v) is 5.52. The Kier molecular flexibility index (Phi) is 7.52. The molecule has 0 radical (unpaired) electrons. The lowest BCUT2D eigenvalue weighted by Gasteiger charge is -2.28. The maximum absolute atomic E-state index is 13.1. The number of methoxy groups -OCH3 is 2. The van der Waals surface area contributed by atoms with Crippen LogP contribution in [0.1, 0.15) is 30.0 Å². The maximum atomic E-state index is 13.1. The third-order valence-electron chi connectivity index (χ3n) is 5.52. The average molecular weight is 426 g/mol. The van der Waals surface area contributed by atoms with Gasteiger partial charge in [0.25, 0.3) is 0 Å². The van der Waals surface area contributed by atoms with E-state index in [1.807, 2.05) is 54.3 Å². The standard InChI is InChI=1S/C24H31N3O4/c1-17-7-9-18(10-8-17)25-23(28)15-26(2)16-24(29)27-13-5-6-21(27)20-14-19(30-3)11-12-22(20)31-4/h7-12,14,21H,5-6,13,15-16H2,1-4H3,(H,25,28)/t21-/m0/s1. The van der Waals surface area contributed by atoms with Crippen molar-refractivity contribution >= 4 is 17.5 Å². The SMILES string of the molecule is COc1ccc(OC)c([C@@H]2CCCN2C(=O)CN(C)CC(=O)Nc2ccc(C)cc2)c1. The van der Waals surface area contributed by atoms with Crippen molar-refractivity contribution in [3.05, 3.63) is 53.6 Å². The smallest absolute Gasteiger partial charge is 0.238 e. The van der Waals surface area contributed by atoms with E-state index in [1.165, 1.54) is 0 Å². The molecule has 1 saturated heterocycles. The van der Waals surface area contributed by atoms with Crippen molar-refractivity contribution in [1.29, 1.82) is 0 Å². The average Bonchev–Trinajstić information content (AvgIpc) is 3.24. The van der Waals surface area contributed by atoms with Gasteiger partial charge in [-0.25, -0.2) is 0 Å². The molecular formula is C24H31N3O4. The topological polar surface area (TPSA) is 71.1 Å². The van der Waals surface area contributed by atoms with E-state index >= 15 is 0 Å². The van der Waals surface area contributed by atoms with Crippen molar-refractivity contribution in [3.8, 4) is 11.5 Å². The first-order valence-electron chi connectivity index (χ1n) is 10.5. The Labute approximate surface area is 183 Å². The molecule has 0 unspecified atom stereocenters. The minimum Gasteiger partial charge on any atom is -0.497 e. The van der Waals surface area contributed by atoms with Gasteiger partial charge in [0.05, 0.1) is 33.4 Å². The van der Waals surface area contributed by atoms with E-state index < -0.39 is 0 Å². The lowest BCUT2D eigenvalue weighted by Crippen LogP contribution is -2.41. The van der Waals surface area contributed by atoms with Gasteiger partial charge >= 0.3 is 0 Å². The molecule has 1 N–H and O–H groups in total. The normalized spacial score (nSPS) is 15.8. The van der Waals surface area contributed by atoms with Gasteiger partial charge in [0.1, 0.15) is 11.5 Å². The molecule has 1 heterocycles. The summed E-state index contributed by atoms with van der Waals surface area (Å²) in [6.07, 6.45) is 1.79. The molecule has 1 aliphatic rings. The van der Waals surface area contributed by atoms with Crippen LogP contribution in [0.25, 0.3) is 0 Å². The predicted octanol–water partition coefficient (Wildman–Crippen LogP) is 3.25.